The van der Waals surface area contributed by atoms with E-state index in [4.69, 9.17) is 0 Å². The molecule has 0 radical (unpaired) electrons. The van der Waals surface area contributed by atoms with Crippen molar-refractivity contribution >= 4 is 17.5 Å². The van der Waals surface area contributed by atoms with Crippen LogP contribution in [0.2, 0.25) is 0 Å². The molecule has 3 rings (SSSR count). The molecule has 2 aromatic rings. The minimum absolute atomic E-state index is 0.193. The van der Waals surface area contributed by atoms with Crippen LogP contribution in [0.1, 0.15) is 30.7 Å². The van der Waals surface area contributed by atoms with Crippen molar-refractivity contribution in [1.82, 2.24) is 20.0 Å². The smallest absolute Gasteiger partial charge is 0.236 e. The summed E-state index contributed by atoms with van der Waals surface area (Å²) in [6.07, 6.45) is 4.05. The lowest BCUT2D eigenvalue weighted by molar-refractivity contribution is -0.149. The number of imidazole rings is 1. The molecule has 0 aromatic carbocycles. The maximum absolute atomic E-state index is 12.4. The van der Waals surface area contributed by atoms with Gasteiger partial charge in [0, 0.05) is 18.9 Å². The summed E-state index contributed by atoms with van der Waals surface area (Å²) >= 11 is 0. The maximum atomic E-state index is 12.4. The Morgan fingerprint density at radius 3 is 2.68 bits per heavy atom. The van der Waals surface area contributed by atoms with E-state index in [-0.39, 0.29) is 11.8 Å². The van der Waals surface area contributed by atoms with Crippen LogP contribution in [0.4, 0.5) is 0 Å². The summed E-state index contributed by atoms with van der Waals surface area (Å²) < 4.78 is 1.99. The minimum Gasteiger partial charge on any atom is -0.358 e. The molecule has 116 valence electrons. The van der Waals surface area contributed by atoms with E-state index in [0.717, 1.165) is 23.5 Å². The van der Waals surface area contributed by atoms with Gasteiger partial charge < -0.3 is 15.0 Å². The van der Waals surface area contributed by atoms with Crippen molar-refractivity contribution in [2.75, 3.05) is 7.05 Å². The first-order chi connectivity index (χ1) is 10.6. The van der Waals surface area contributed by atoms with Gasteiger partial charge in [0.15, 0.2) is 0 Å². The van der Waals surface area contributed by atoms with Crippen LogP contribution in [0.5, 0.6) is 0 Å². The number of hydrogen-bond donors (Lipinski definition) is 2. The van der Waals surface area contributed by atoms with Gasteiger partial charge in [0.2, 0.25) is 11.8 Å². The van der Waals surface area contributed by atoms with Gasteiger partial charge in [-0.2, -0.15) is 0 Å². The number of amides is 2. The van der Waals surface area contributed by atoms with Crippen LogP contribution in [-0.4, -0.2) is 28.2 Å². The van der Waals surface area contributed by atoms with Crippen molar-refractivity contribution in [1.29, 1.82) is 0 Å². The predicted molar refractivity (Wildman–Crippen MR) is 82.1 cm³/mol. The number of hydrogen-bond acceptors (Lipinski definition) is 3. The highest BCUT2D eigenvalue weighted by atomic mass is 16.2. The van der Waals surface area contributed by atoms with E-state index < -0.39 is 5.41 Å². The molecule has 2 heterocycles. The van der Waals surface area contributed by atoms with E-state index in [1.807, 2.05) is 35.7 Å². The summed E-state index contributed by atoms with van der Waals surface area (Å²) in [6.45, 7) is 2.34. The van der Waals surface area contributed by atoms with Crippen LogP contribution in [-0.2, 0) is 16.1 Å². The Morgan fingerprint density at radius 2 is 2.09 bits per heavy atom. The van der Waals surface area contributed by atoms with Crippen LogP contribution >= 0.6 is 0 Å². The third kappa shape index (κ3) is 2.24. The Hall–Kier alpha value is -2.37. The summed E-state index contributed by atoms with van der Waals surface area (Å²) in [7, 11) is 1.57. The van der Waals surface area contributed by atoms with Gasteiger partial charge >= 0.3 is 0 Å². The fourth-order valence-electron chi connectivity index (χ4n) is 2.95. The first kappa shape index (κ1) is 14.6. The fourth-order valence-corrected chi connectivity index (χ4v) is 2.95. The number of carbonyl (C=O) groups is 2. The highest BCUT2D eigenvalue weighted by Gasteiger charge is 2.50. The largest absolute Gasteiger partial charge is 0.358 e. The Labute approximate surface area is 128 Å². The average molecular weight is 300 g/mol. The summed E-state index contributed by atoms with van der Waals surface area (Å²) in [5.74, 6) is -0.394. The summed E-state index contributed by atoms with van der Waals surface area (Å²) in [6, 6.07) is 5.89. The van der Waals surface area contributed by atoms with Crippen LogP contribution in [0.3, 0.4) is 0 Å². The molecule has 6 nitrogen and oxygen atoms in total. The summed E-state index contributed by atoms with van der Waals surface area (Å²) in [4.78, 5) is 28.8. The third-order valence-corrected chi connectivity index (χ3v) is 4.48. The topological polar surface area (TPSA) is 75.5 Å². The standard InChI is InChI=1S/C16H20N4O2/c1-11-5-3-6-13-19-12(10-20(11)13)9-18-15(22)16(7-4-8-16)14(21)17-2/h3,5-6,10H,4,7-9H2,1-2H3,(H,17,21)(H,18,22). The Kier molecular flexibility index (Phi) is 3.60. The summed E-state index contributed by atoms with van der Waals surface area (Å²) in [5.41, 5.74) is 1.84. The van der Waals surface area contributed by atoms with Gasteiger partial charge in [0.25, 0.3) is 0 Å². The molecule has 6 heteroatoms. The predicted octanol–water partition coefficient (Wildman–Crippen LogP) is 1.18. The molecule has 2 N–H and O–H groups in total. The molecule has 2 aromatic heterocycles. The zero-order chi connectivity index (χ0) is 15.7. The molecule has 0 spiro atoms. The molecule has 0 unspecified atom stereocenters. The molecule has 2 amide bonds. The first-order valence-corrected chi connectivity index (χ1v) is 7.51. The van der Waals surface area contributed by atoms with Gasteiger partial charge in [-0.05, 0) is 31.9 Å². The van der Waals surface area contributed by atoms with Crippen molar-refractivity contribution < 1.29 is 9.59 Å². The van der Waals surface area contributed by atoms with Crippen molar-refractivity contribution in [3.8, 4) is 0 Å². The summed E-state index contributed by atoms with van der Waals surface area (Å²) in [5, 5.41) is 5.46. The second kappa shape index (κ2) is 5.44. The quantitative estimate of drug-likeness (QED) is 0.832. The Morgan fingerprint density at radius 1 is 1.32 bits per heavy atom. The number of nitrogens with zero attached hydrogens (tertiary/aromatic N) is 2. The average Bonchev–Trinajstić information content (AvgIpc) is 2.88. The number of nitrogens with one attached hydrogen (secondary N) is 2. The van der Waals surface area contributed by atoms with E-state index in [1.54, 1.807) is 7.05 Å². The molecule has 1 aliphatic carbocycles. The molecule has 0 atom stereocenters. The lowest BCUT2D eigenvalue weighted by Gasteiger charge is -2.37. The number of aromatic nitrogens is 2. The van der Waals surface area contributed by atoms with Crippen molar-refractivity contribution in [2.24, 2.45) is 5.41 Å². The highest BCUT2D eigenvalue weighted by Crippen LogP contribution is 2.41. The van der Waals surface area contributed by atoms with Gasteiger partial charge in [-0.3, -0.25) is 9.59 Å². The van der Waals surface area contributed by atoms with E-state index >= 15 is 0 Å². The van der Waals surface area contributed by atoms with Gasteiger partial charge in [-0.1, -0.05) is 12.5 Å². The van der Waals surface area contributed by atoms with Crippen LogP contribution in [0, 0.1) is 12.3 Å². The Balaban J connectivity index is 1.72. The van der Waals surface area contributed by atoms with E-state index in [2.05, 4.69) is 15.6 Å². The van der Waals surface area contributed by atoms with Crippen LogP contribution < -0.4 is 10.6 Å². The second-order valence-electron chi connectivity index (χ2n) is 5.83. The van der Waals surface area contributed by atoms with E-state index in [9.17, 15) is 9.59 Å². The maximum Gasteiger partial charge on any atom is 0.236 e. The first-order valence-electron chi connectivity index (χ1n) is 7.51. The number of pyridine rings is 1. The number of aryl methyl sites for hydroxylation is 1. The molecule has 0 saturated heterocycles. The van der Waals surface area contributed by atoms with Crippen LogP contribution in [0.25, 0.3) is 5.65 Å². The minimum atomic E-state index is -0.885. The normalized spacial score (nSPS) is 16.1. The Bertz CT molecular complexity index is 731. The number of carbonyl (C=O) groups excluding carboxylic acids is 2. The molecular formula is C16H20N4O2. The SMILES string of the molecule is CNC(=O)C1(C(=O)NCc2cn3c(C)cccc3n2)CCC1. The number of fused-ring (bicyclic) bond motifs is 1. The van der Waals surface area contributed by atoms with E-state index in [1.165, 1.54) is 0 Å². The zero-order valence-corrected chi connectivity index (χ0v) is 12.8. The molecule has 22 heavy (non-hydrogen) atoms. The molecule has 0 bridgehead atoms. The molecule has 0 aliphatic heterocycles. The monoisotopic (exact) mass is 300 g/mol. The molecular weight excluding hydrogens is 280 g/mol. The molecule has 1 aliphatic rings. The van der Waals surface area contributed by atoms with Gasteiger partial charge in [-0.15, -0.1) is 0 Å². The van der Waals surface area contributed by atoms with Crippen molar-refractivity contribution in [3.05, 3.63) is 35.8 Å². The van der Waals surface area contributed by atoms with Gasteiger partial charge in [0.1, 0.15) is 11.1 Å². The molecule has 1 fully saturated rings. The highest BCUT2D eigenvalue weighted by molar-refractivity contribution is 6.05. The van der Waals surface area contributed by atoms with Crippen molar-refractivity contribution in [3.63, 3.8) is 0 Å². The van der Waals surface area contributed by atoms with E-state index in [0.29, 0.717) is 19.4 Å². The van der Waals surface area contributed by atoms with Gasteiger partial charge in [0.05, 0.1) is 12.2 Å². The lowest BCUT2D eigenvalue weighted by atomic mass is 9.67. The fraction of sp³-hybridized carbons (Fsp3) is 0.438. The lowest BCUT2D eigenvalue weighted by Crippen LogP contribution is -2.54. The second-order valence-corrected chi connectivity index (χ2v) is 5.83. The van der Waals surface area contributed by atoms with Gasteiger partial charge in [-0.25, -0.2) is 4.98 Å². The molecule has 1 saturated carbocycles. The third-order valence-electron chi connectivity index (χ3n) is 4.48. The zero-order valence-electron chi connectivity index (χ0n) is 12.8. The van der Waals surface area contributed by atoms with Crippen molar-refractivity contribution in [2.45, 2.75) is 32.7 Å². The number of rotatable bonds is 4. The van der Waals surface area contributed by atoms with Crippen LogP contribution in [0.15, 0.2) is 24.4 Å².